The summed E-state index contributed by atoms with van der Waals surface area (Å²) in [5, 5.41) is 0. The lowest BCUT2D eigenvalue weighted by molar-refractivity contribution is -0.0500. The number of nitrogens with two attached hydrogens (primary N) is 1. The number of aryl methyl sites for hydroxylation is 1. The third-order valence-corrected chi connectivity index (χ3v) is 5.67. The zero-order valence-corrected chi connectivity index (χ0v) is 15.8. The molecule has 2 aromatic carbocycles. The molecule has 6 heteroatoms. The Balaban J connectivity index is 1.62. The van der Waals surface area contributed by atoms with E-state index in [1.807, 2.05) is 12.1 Å². The van der Waals surface area contributed by atoms with E-state index in [9.17, 15) is 8.78 Å². The quantitative estimate of drug-likeness (QED) is 0.836. The fraction of sp³-hybridized carbons (Fsp3) is 0.455. The maximum atomic E-state index is 12.6. The summed E-state index contributed by atoms with van der Waals surface area (Å²) in [5.41, 5.74) is 8.67. The highest BCUT2D eigenvalue weighted by Crippen LogP contribution is 2.38. The first kappa shape index (κ1) is 19.2. The Morgan fingerprint density at radius 2 is 1.86 bits per heavy atom. The van der Waals surface area contributed by atoms with Gasteiger partial charge in [-0.25, -0.2) is 0 Å². The first-order chi connectivity index (χ1) is 13.6. The van der Waals surface area contributed by atoms with Crippen LogP contribution in [0.2, 0.25) is 0 Å². The molecule has 4 rings (SSSR count). The molecule has 0 unspecified atom stereocenters. The predicted molar refractivity (Wildman–Crippen MR) is 104 cm³/mol. The number of ether oxygens (including phenoxy) is 2. The smallest absolute Gasteiger partial charge is 0.387 e. The van der Waals surface area contributed by atoms with Crippen LogP contribution in [0, 0.1) is 0 Å². The van der Waals surface area contributed by atoms with Crippen molar-refractivity contribution >= 4 is 0 Å². The molecule has 0 aromatic heterocycles. The number of hydrogen-bond acceptors (Lipinski definition) is 4. The molecule has 0 spiro atoms. The summed E-state index contributed by atoms with van der Waals surface area (Å²) < 4.78 is 36.1. The molecule has 1 saturated heterocycles. The van der Waals surface area contributed by atoms with E-state index in [4.69, 9.17) is 10.5 Å². The van der Waals surface area contributed by atoms with Gasteiger partial charge in [0.15, 0.2) is 0 Å². The number of rotatable bonds is 5. The molecule has 1 fully saturated rings. The van der Waals surface area contributed by atoms with Gasteiger partial charge in [-0.2, -0.15) is 8.78 Å². The SMILES string of the molecule is N[C@@H]1CCCN([C@H]2CCc3ccccc3[C@@H]2Oc2cccc(OC(F)F)c2)C1. The number of benzene rings is 2. The van der Waals surface area contributed by atoms with E-state index in [1.54, 1.807) is 12.1 Å². The number of piperidine rings is 1. The van der Waals surface area contributed by atoms with Gasteiger partial charge in [0.25, 0.3) is 0 Å². The molecule has 0 radical (unpaired) electrons. The van der Waals surface area contributed by atoms with Crippen molar-refractivity contribution < 1.29 is 18.3 Å². The molecule has 4 nitrogen and oxygen atoms in total. The van der Waals surface area contributed by atoms with Gasteiger partial charge in [-0.15, -0.1) is 0 Å². The van der Waals surface area contributed by atoms with Crippen molar-refractivity contribution in [1.29, 1.82) is 0 Å². The number of halogens is 2. The molecule has 150 valence electrons. The molecule has 28 heavy (non-hydrogen) atoms. The van der Waals surface area contributed by atoms with Crippen LogP contribution in [0.3, 0.4) is 0 Å². The maximum Gasteiger partial charge on any atom is 0.387 e. The first-order valence-corrected chi connectivity index (χ1v) is 9.89. The molecule has 0 amide bonds. The first-order valence-electron chi connectivity index (χ1n) is 9.89. The minimum atomic E-state index is -2.85. The standard InChI is InChI=1S/C22H26F2N2O2/c23-22(24)28-18-8-3-7-17(13-18)27-21-19-9-2-1-5-15(19)10-11-20(21)26-12-4-6-16(25)14-26/h1-3,5,7-9,13,16,20-22H,4,6,10-12,14,25H2/t16-,20+,21+/m1/s1. The maximum absolute atomic E-state index is 12.6. The van der Waals surface area contributed by atoms with Gasteiger partial charge in [-0.3, -0.25) is 4.90 Å². The second kappa shape index (κ2) is 8.45. The number of nitrogens with zero attached hydrogens (tertiary/aromatic N) is 1. The minimum Gasteiger partial charge on any atom is -0.484 e. The van der Waals surface area contributed by atoms with Gasteiger partial charge in [0.05, 0.1) is 6.04 Å². The topological polar surface area (TPSA) is 47.7 Å². The molecule has 1 aliphatic carbocycles. The van der Waals surface area contributed by atoms with Crippen molar-refractivity contribution in [3.8, 4) is 11.5 Å². The number of fused-ring (bicyclic) bond motifs is 1. The van der Waals surface area contributed by atoms with Crippen LogP contribution in [0.15, 0.2) is 48.5 Å². The summed E-state index contributed by atoms with van der Waals surface area (Å²) in [5.74, 6) is 0.638. The fourth-order valence-electron chi connectivity index (χ4n) is 4.43. The lowest BCUT2D eigenvalue weighted by Gasteiger charge is -2.43. The number of alkyl halides is 2. The van der Waals surface area contributed by atoms with Gasteiger partial charge in [-0.1, -0.05) is 30.3 Å². The van der Waals surface area contributed by atoms with Crippen LogP contribution >= 0.6 is 0 Å². The summed E-state index contributed by atoms with van der Waals surface area (Å²) in [6, 6.07) is 15.2. The van der Waals surface area contributed by atoms with Crippen molar-refractivity contribution in [3.63, 3.8) is 0 Å². The molecule has 2 aliphatic rings. The molecular formula is C22H26F2N2O2. The second-order valence-corrected chi connectivity index (χ2v) is 7.59. The van der Waals surface area contributed by atoms with Gasteiger partial charge in [0.1, 0.15) is 17.6 Å². The Bertz CT molecular complexity index is 802. The summed E-state index contributed by atoms with van der Waals surface area (Å²) in [7, 11) is 0. The van der Waals surface area contributed by atoms with E-state index >= 15 is 0 Å². The largest absolute Gasteiger partial charge is 0.484 e. The fourth-order valence-corrected chi connectivity index (χ4v) is 4.43. The lowest BCUT2D eigenvalue weighted by Crippen LogP contribution is -2.51. The molecule has 2 aromatic rings. The van der Waals surface area contributed by atoms with Crippen molar-refractivity contribution in [1.82, 2.24) is 4.90 Å². The summed E-state index contributed by atoms with van der Waals surface area (Å²) in [6.45, 7) is -0.982. The van der Waals surface area contributed by atoms with Gasteiger partial charge < -0.3 is 15.2 Å². The Morgan fingerprint density at radius 1 is 1.04 bits per heavy atom. The third kappa shape index (κ3) is 4.28. The van der Waals surface area contributed by atoms with Gasteiger partial charge in [0, 0.05) is 18.7 Å². The van der Waals surface area contributed by atoms with Crippen molar-refractivity contribution in [3.05, 3.63) is 59.7 Å². The zero-order valence-electron chi connectivity index (χ0n) is 15.8. The van der Waals surface area contributed by atoms with Crippen molar-refractivity contribution in [2.75, 3.05) is 13.1 Å². The number of likely N-dealkylation sites (tertiary alicyclic amines) is 1. The average Bonchev–Trinajstić information content (AvgIpc) is 2.68. The Hall–Kier alpha value is -2.18. The third-order valence-electron chi connectivity index (χ3n) is 5.67. The van der Waals surface area contributed by atoms with Crippen LogP contribution in [0.1, 0.15) is 36.5 Å². The summed E-state index contributed by atoms with van der Waals surface area (Å²) in [6.07, 6.45) is 3.96. The van der Waals surface area contributed by atoms with Gasteiger partial charge in [-0.05, 0) is 55.5 Å². The Morgan fingerprint density at radius 3 is 2.68 bits per heavy atom. The van der Waals surface area contributed by atoms with Crippen molar-refractivity contribution in [2.45, 2.75) is 50.5 Å². The molecular weight excluding hydrogens is 362 g/mol. The summed E-state index contributed by atoms with van der Waals surface area (Å²) >= 11 is 0. The lowest BCUT2D eigenvalue weighted by atomic mass is 9.84. The zero-order chi connectivity index (χ0) is 19.5. The van der Waals surface area contributed by atoms with E-state index in [0.717, 1.165) is 44.3 Å². The highest BCUT2D eigenvalue weighted by Gasteiger charge is 2.36. The highest BCUT2D eigenvalue weighted by molar-refractivity contribution is 5.37. The minimum absolute atomic E-state index is 0.105. The molecule has 1 heterocycles. The molecule has 0 saturated carbocycles. The van der Waals surface area contributed by atoms with Crippen LogP contribution < -0.4 is 15.2 Å². The monoisotopic (exact) mass is 388 g/mol. The van der Waals surface area contributed by atoms with Gasteiger partial charge in [0.2, 0.25) is 0 Å². The normalized spacial score (nSPS) is 25.4. The number of hydrogen-bond donors (Lipinski definition) is 1. The predicted octanol–water partition coefficient (Wildman–Crippen LogP) is 4.15. The van der Waals surface area contributed by atoms with Crippen LogP contribution in [0.25, 0.3) is 0 Å². The van der Waals surface area contributed by atoms with E-state index in [1.165, 1.54) is 17.7 Å². The van der Waals surface area contributed by atoms with Crippen molar-refractivity contribution in [2.24, 2.45) is 5.73 Å². The molecule has 2 N–H and O–H groups in total. The van der Waals surface area contributed by atoms with E-state index in [-0.39, 0.29) is 23.9 Å². The average molecular weight is 388 g/mol. The van der Waals surface area contributed by atoms with E-state index in [0.29, 0.717) is 5.75 Å². The Kier molecular flexibility index (Phi) is 5.78. The van der Waals surface area contributed by atoms with E-state index < -0.39 is 6.61 Å². The highest BCUT2D eigenvalue weighted by atomic mass is 19.3. The summed E-state index contributed by atoms with van der Waals surface area (Å²) in [4.78, 5) is 2.44. The van der Waals surface area contributed by atoms with Crippen LogP contribution in [0.5, 0.6) is 11.5 Å². The van der Waals surface area contributed by atoms with Crippen LogP contribution in [-0.4, -0.2) is 36.7 Å². The Labute approximate surface area is 164 Å². The molecule has 0 bridgehead atoms. The van der Waals surface area contributed by atoms with E-state index in [2.05, 4.69) is 21.8 Å². The van der Waals surface area contributed by atoms with Gasteiger partial charge >= 0.3 is 6.61 Å². The molecule has 1 aliphatic heterocycles. The second-order valence-electron chi connectivity index (χ2n) is 7.59. The van der Waals surface area contributed by atoms with Crippen LogP contribution in [-0.2, 0) is 6.42 Å². The molecule has 3 atom stereocenters. The van der Waals surface area contributed by atoms with Crippen LogP contribution in [0.4, 0.5) is 8.78 Å².